The number of halogens is 1. The zero-order chi connectivity index (χ0) is 12.3. The third-order valence-electron chi connectivity index (χ3n) is 2.39. The van der Waals surface area contributed by atoms with Gasteiger partial charge in [-0.1, -0.05) is 6.07 Å². The minimum absolute atomic E-state index is 0.435. The van der Waals surface area contributed by atoms with Crippen LogP contribution in [0.25, 0.3) is 0 Å². The molecule has 1 heterocycles. The normalized spacial score (nSPS) is 12.6. The van der Waals surface area contributed by atoms with Gasteiger partial charge in [0.25, 0.3) is 0 Å². The van der Waals surface area contributed by atoms with Crippen molar-refractivity contribution in [3.8, 4) is 0 Å². The third kappa shape index (κ3) is 3.37. The summed E-state index contributed by atoms with van der Waals surface area (Å²) in [6, 6.07) is 9.77. The summed E-state index contributed by atoms with van der Waals surface area (Å²) in [5, 5.41) is 9.48. The van der Waals surface area contributed by atoms with Gasteiger partial charge in [-0.25, -0.2) is 0 Å². The largest absolute Gasteiger partial charge is 0.468 e. The minimum atomic E-state index is -0.435. The molecular formula is C13H13BrO2S. The number of aliphatic hydroxyl groups is 1. The van der Waals surface area contributed by atoms with Crippen LogP contribution in [0.2, 0.25) is 0 Å². The summed E-state index contributed by atoms with van der Waals surface area (Å²) in [6.07, 6.45) is 1.25. The van der Waals surface area contributed by atoms with Crippen molar-refractivity contribution in [1.29, 1.82) is 0 Å². The Morgan fingerprint density at radius 2 is 2.24 bits per heavy atom. The second-order valence-electron chi connectivity index (χ2n) is 3.73. The summed E-state index contributed by atoms with van der Waals surface area (Å²) < 4.78 is 6.29. The SMILES string of the molecule is C[C@@H](O)c1ccc(SCc2ccco2)c(Br)c1. The molecule has 0 aliphatic carbocycles. The topological polar surface area (TPSA) is 33.4 Å². The number of hydrogen-bond donors (Lipinski definition) is 1. The molecule has 0 amide bonds. The Hall–Kier alpha value is -0.710. The van der Waals surface area contributed by atoms with Gasteiger partial charge in [0.2, 0.25) is 0 Å². The van der Waals surface area contributed by atoms with Crippen LogP contribution in [-0.2, 0) is 5.75 Å². The van der Waals surface area contributed by atoms with Crippen LogP contribution < -0.4 is 0 Å². The zero-order valence-corrected chi connectivity index (χ0v) is 11.8. The molecule has 17 heavy (non-hydrogen) atoms. The van der Waals surface area contributed by atoms with E-state index >= 15 is 0 Å². The van der Waals surface area contributed by atoms with Crippen LogP contribution in [0.3, 0.4) is 0 Å². The first kappa shape index (κ1) is 12.7. The molecule has 90 valence electrons. The van der Waals surface area contributed by atoms with Crippen LogP contribution in [0.15, 0.2) is 50.4 Å². The van der Waals surface area contributed by atoms with E-state index in [-0.39, 0.29) is 0 Å². The number of benzene rings is 1. The Bertz CT molecular complexity index is 480. The smallest absolute Gasteiger partial charge is 0.113 e. The first-order valence-electron chi connectivity index (χ1n) is 5.29. The van der Waals surface area contributed by atoms with Gasteiger partial charge < -0.3 is 9.52 Å². The van der Waals surface area contributed by atoms with Crippen LogP contribution in [0.5, 0.6) is 0 Å². The molecule has 1 atom stereocenters. The average Bonchev–Trinajstić information content (AvgIpc) is 2.80. The van der Waals surface area contributed by atoms with Gasteiger partial charge in [-0.15, -0.1) is 11.8 Å². The molecule has 0 aliphatic rings. The first-order valence-corrected chi connectivity index (χ1v) is 7.07. The first-order chi connectivity index (χ1) is 8.16. The fourth-order valence-electron chi connectivity index (χ4n) is 1.44. The van der Waals surface area contributed by atoms with Crippen molar-refractivity contribution in [3.05, 3.63) is 52.4 Å². The van der Waals surface area contributed by atoms with E-state index in [4.69, 9.17) is 4.42 Å². The Morgan fingerprint density at radius 1 is 1.41 bits per heavy atom. The summed E-state index contributed by atoms with van der Waals surface area (Å²) in [5.74, 6) is 1.76. The summed E-state index contributed by atoms with van der Waals surface area (Å²) >= 11 is 5.22. The van der Waals surface area contributed by atoms with Gasteiger partial charge in [-0.05, 0) is 52.7 Å². The van der Waals surface area contributed by atoms with Gasteiger partial charge in [0.1, 0.15) is 5.76 Å². The molecule has 0 saturated heterocycles. The van der Waals surface area contributed by atoms with Crippen LogP contribution in [-0.4, -0.2) is 5.11 Å². The highest BCUT2D eigenvalue weighted by Crippen LogP contribution is 2.32. The maximum Gasteiger partial charge on any atom is 0.113 e. The van der Waals surface area contributed by atoms with Crippen molar-refractivity contribution < 1.29 is 9.52 Å². The molecule has 1 aromatic heterocycles. The molecule has 0 aliphatic heterocycles. The van der Waals surface area contributed by atoms with E-state index < -0.39 is 6.10 Å². The van der Waals surface area contributed by atoms with E-state index in [0.29, 0.717) is 0 Å². The molecule has 0 fully saturated rings. The summed E-state index contributed by atoms with van der Waals surface area (Å²) in [5.41, 5.74) is 0.916. The Labute approximate surface area is 113 Å². The lowest BCUT2D eigenvalue weighted by Gasteiger charge is -2.08. The van der Waals surface area contributed by atoms with Crippen LogP contribution >= 0.6 is 27.7 Å². The summed E-state index contributed by atoms with van der Waals surface area (Å²) in [6.45, 7) is 1.76. The van der Waals surface area contributed by atoms with Crippen molar-refractivity contribution >= 4 is 27.7 Å². The highest BCUT2D eigenvalue weighted by molar-refractivity contribution is 9.10. The van der Waals surface area contributed by atoms with Crippen LogP contribution in [0.4, 0.5) is 0 Å². The molecule has 0 unspecified atom stereocenters. The van der Waals surface area contributed by atoms with Crippen molar-refractivity contribution in [2.45, 2.75) is 23.7 Å². The van der Waals surface area contributed by atoms with Gasteiger partial charge >= 0.3 is 0 Å². The van der Waals surface area contributed by atoms with Crippen molar-refractivity contribution in [2.24, 2.45) is 0 Å². The van der Waals surface area contributed by atoms with Crippen LogP contribution in [0.1, 0.15) is 24.4 Å². The molecule has 2 rings (SSSR count). The standard InChI is InChI=1S/C13H13BrO2S/c1-9(15)10-4-5-13(12(14)7-10)17-8-11-3-2-6-16-11/h2-7,9,15H,8H2,1H3/t9-/m1/s1. The molecule has 0 saturated carbocycles. The van der Waals surface area contributed by atoms with Gasteiger partial charge in [0.15, 0.2) is 0 Å². The fourth-order valence-corrected chi connectivity index (χ4v) is 3.00. The lowest BCUT2D eigenvalue weighted by molar-refractivity contribution is 0.199. The maximum atomic E-state index is 9.48. The number of aliphatic hydroxyl groups excluding tert-OH is 1. The Kier molecular flexibility index (Phi) is 4.31. The number of furan rings is 1. The maximum absolute atomic E-state index is 9.48. The van der Waals surface area contributed by atoms with Crippen molar-refractivity contribution in [1.82, 2.24) is 0 Å². The molecule has 2 nitrogen and oxygen atoms in total. The van der Waals surface area contributed by atoms with Crippen molar-refractivity contribution in [2.75, 3.05) is 0 Å². The molecular weight excluding hydrogens is 300 g/mol. The summed E-state index contributed by atoms with van der Waals surface area (Å²) in [4.78, 5) is 1.14. The average molecular weight is 313 g/mol. The fraction of sp³-hybridized carbons (Fsp3) is 0.231. The van der Waals surface area contributed by atoms with E-state index in [1.54, 1.807) is 24.9 Å². The van der Waals surface area contributed by atoms with E-state index in [1.165, 1.54) is 0 Å². The third-order valence-corrected chi connectivity index (χ3v) is 4.40. The molecule has 1 aromatic carbocycles. The van der Waals surface area contributed by atoms with Crippen LogP contribution in [0, 0.1) is 0 Å². The van der Waals surface area contributed by atoms with Gasteiger partial charge in [-0.2, -0.15) is 0 Å². The Balaban J connectivity index is 2.06. The molecule has 1 N–H and O–H groups in total. The molecule has 4 heteroatoms. The lowest BCUT2D eigenvalue weighted by Crippen LogP contribution is -1.91. The number of thioether (sulfide) groups is 1. The predicted octanol–water partition coefficient (Wildman–Crippen LogP) is 4.39. The second kappa shape index (κ2) is 5.76. The zero-order valence-electron chi connectivity index (χ0n) is 9.39. The van der Waals surface area contributed by atoms with Crippen molar-refractivity contribution in [3.63, 3.8) is 0 Å². The number of hydrogen-bond acceptors (Lipinski definition) is 3. The number of rotatable bonds is 4. The Morgan fingerprint density at radius 3 is 2.82 bits per heavy atom. The second-order valence-corrected chi connectivity index (χ2v) is 5.61. The monoisotopic (exact) mass is 312 g/mol. The summed E-state index contributed by atoms with van der Waals surface area (Å²) in [7, 11) is 0. The lowest BCUT2D eigenvalue weighted by atomic mass is 10.1. The van der Waals surface area contributed by atoms with E-state index in [2.05, 4.69) is 15.9 Å². The van der Waals surface area contributed by atoms with E-state index in [9.17, 15) is 5.11 Å². The molecule has 0 radical (unpaired) electrons. The molecule has 0 spiro atoms. The quantitative estimate of drug-likeness (QED) is 0.850. The molecule has 0 bridgehead atoms. The molecule has 2 aromatic rings. The van der Waals surface area contributed by atoms with E-state index in [1.807, 2.05) is 30.3 Å². The van der Waals surface area contributed by atoms with Gasteiger partial charge in [0.05, 0.1) is 18.1 Å². The predicted molar refractivity (Wildman–Crippen MR) is 73.0 cm³/mol. The van der Waals surface area contributed by atoms with Gasteiger partial charge in [0, 0.05) is 9.37 Å². The highest BCUT2D eigenvalue weighted by atomic mass is 79.9. The van der Waals surface area contributed by atoms with Gasteiger partial charge in [-0.3, -0.25) is 0 Å². The highest BCUT2D eigenvalue weighted by Gasteiger charge is 2.06. The minimum Gasteiger partial charge on any atom is -0.468 e. The van der Waals surface area contributed by atoms with E-state index in [0.717, 1.165) is 26.4 Å².